The molecule has 8 aromatic carbocycles. The van der Waals surface area contributed by atoms with Gasteiger partial charge in [0.2, 0.25) is 0 Å². The number of carboxylic acid groups (broad SMARTS) is 4. The number of sulfone groups is 1. The third-order valence-corrected chi connectivity index (χ3v) is 24.0. The summed E-state index contributed by atoms with van der Waals surface area (Å²) in [4.78, 5) is 129. The summed E-state index contributed by atoms with van der Waals surface area (Å²) in [5, 5.41) is 45.3. The third kappa shape index (κ3) is 26.7. The van der Waals surface area contributed by atoms with Crippen LogP contribution in [-0.2, 0) is 73.9 Å². The van der Waals surface area contributed by atoms with Gasteiger partial charge in [-0.05, 0) is 186 Å². The van der Waals surface area contributed by atoms with Crippen molar-refractivity contribution in [2.75, 3.05) is 11.5 Å². The van der Waals surface area contributed by atoms with Crippen LogP contribution in [-0.4, -0.2) is 122 Å². The van der Waals surface area contributed by atoms with Gasteiger partial charge >= 0.3 is 23.9 Å². The summed E-state index contributed by atoms with van der Waals surface area (Å²) >= 11 is 19.4. The number of thioether (sulfide) groups is 1. The van der Waals surface area contributed by atoms with Crippen molar-refractivity contribution in [3.8, 4) is 0 Å². The van der Waals surface area contributed by atoms with E-state index in [9.17, 15) is 76.4 Å². The van der Waals surface area contributed by atoms with E-state index in [4.69, 9.17) is 34.8 Å². The van der Waals surface area contributed by atoms with Crippen LogP contribution in [0.5, 0.6) is 0 Å². The van der Waals surface area contributed by atoms with Gasteiger partial charge in [0.1, 0.15) is 28.9 Å². The number of Topliss-reactive ketones (excluding diaryl/α,β-unsaturated/α-hetero) is 4. The topological polar surface area (TPSA) is 330 Å². The summed E-state index contributed by atoms with van der Waals surface area (Å²) in [6.45, 7) is 3.88. The Morgan fingerprint density at radius 2 is 0.888 bits per heavy atom. The van der Waals surface area contributed by atoms with Crippen LogP contribution in [0.25, 0.3) is 10.8 Å². The summed E-state index contributed by atoms with van der Waals surface area (Å²) in [6, 6.07) is 50.1. The second-order valence-corrected chi connectivity index (χ2v) is 34.7. The fourth-order valence-corrected chi connectivity index (χ4v) is 17.4. The Hall–Kier alpha value is -10.2. The van der Waals surface area contributed by atoms with Gasteiger partial charge in [-0.25, -0.2) is 12.8 Å². The molecule has 1 aliphatic carbocycles. The van der Waals surface area contributed by atoms with Gasteiger partial charge < -0.3 is 25.7 Å². The standard InChI is InChI=1S/C25H27FN2O4.C24H20ClNO3S.C21H26ClNO3.C20H18ClNO5S/c1-15(2)10-22(28-24(30)16-6-4-3-5-7-16)23(29)14-18(25(31)32)13-20-12-17-11-19(26)8-9-21(17)27-20;25-19-6-8-23-17(9-19)10-20(26-23)11-18(24(28)29)12-21(27)14-30-22-7-5-15-3-1-2-4-16(15)13-22;22-17-7-8-20-15(10-17)11-18(23-20)12-16(21(25)26)13-19(24)9-14-5-3-1-2-4-6-14;21-15-6-7-19-13(8-15)9-16(22-19)10-14(20(24)25)11-17(23)12-28(26,27)18-4-2-1-3-5-18/h3-9,11,15,18,22H,10,12-14H2,1-2H3,(H,28,30)(H,31,32);1-9,13,18H,10-12,14H2,(H,28,29);7-8,10,14,16H,1-6,9,11-13H2,(H,25,26);1-8,14H,9-12H2,(H,24,25)/t18-,22?;18-;16-;14-/m0000/s1. The van der Waals surface area contributed by atoms with Gasteiger partial charge in [0.25, 0.3) is 5.91 Å². The smallest absolute Gasteiger partial charge is 0.307 e. The molecule has 0 radical (unpaired) electrons. The molecular formula is C90H91Cl3FN5O15S2. The molecule has 0 bridgehead atoms. The van der Waals surface area contributed by atoms with Gasteiger partial charge in [-0.3, -0.25) is 63.1 Å². The number of halogens is 4. The van der Waals surface area contributed by atoms with Crippen LogP contribution in [0.4, 0.5) is 27.1 Å². The molecule has 1 unspecified atom stereocenters. The Bertz CT molecular complexity index is 5220. The van der Waals surface area contributed by atoms with Gasteiger partial charge in [0.05, 0.1) is 63.1 Å². The average Bonchev–Trinajstić information content (AvgIpc) is 1.68. The van der Waals surface area contributed by atoms with Crippen molar-refractivity contribution in [2.45, 2.75) is 158 Å². The maximum atomic E-state index is 13.4. The molecule has 20 nitrogen and oxygen atoms in total. The molecule has 0 aromatic heterocycles. The average molecular weight is 1670 g/mol. The van der Waals surface area contributed by atoms with Crippen LogP contribution in [0.3, 0.4) is 0 Å². The van der Waals surface area contributed by atoms with Crippen molar-refractivity contribution in [3.63, 3.8) is 0 Å². The van der Waals surface area contributed by atoms with E-state index in [1.165, 1.54) is 61.7 Å². The molecule has 1 fully saturated rings. The number of nitrogens with zero attached hydrogens (tertiary/aromatic N) is 4. The van der Waals surface area contributed by atoms with Gasteiger partial charge in [-0.1, -0.05) is 154 Å². The number of carbonyl (C=O) groups excluding carboxylic acids is 5. The first-order chi connectivity index (χ1) is 55.4. The van der Waals surface area contributed by atoms with Crippen molar-refractivity contribution in [1.82, 2.24) is 5.32 Å². The second-order valence-electron chi connectivity index (χ2n) is 30.3. The fraction of sp³-hybridized carbons (Fsp3) is 0.344. The largest absolute Gasteiger partial charge is 0.481 e. The lowest BCUT2D eigenvalue weighted by Gasteiger charge is -2.21. The minimum absolute atomic E-state index is 0.00599. The Morgan fingerprint density at radius 1 is 0.474 bits per heavy atom. The molecule has 606 valence electrons. The van der Waals surface area contributed by atoms with E-state index in [-0.39, 0.29) is 90.6 Å². The Morgan fingerprint density at radius 3 is 1.35 bits per heavy atom. The summed E-state index contributed by atoms with van der Waals surface area (Å²) in [6.07, 6.45) is 10.4. The van der Waals surface area contributed by atoms with E-state index in [0.29, 0.717) is 94.2 Å². The lowest BCUT2D eigenvalue weighted by atomic mass is 9.88. The first-order valence-corrected chi connectivity index (χ1v) is 42.4. The zero-order valence-electron chi connectivity index (χ0n) is 64.2. The monoisotopic (exact) mass is 1670 g/mol. The van der Waals surface area contributed by atoms with Gasteiger partial charge in [0, 0.05) is 106 Å². The molecule has 1 amide bonds. The molecule has 4 heterocycles. The van der Waals surface area contributed by atoms with E-state index in [1.54, 1.807) is 84.9 Å². The van der Waals surface area contributed by atoms with E-state index in [1.807, 2.05) is 74.5 Å². The predicted molar refractivity (Wildman–Crippen MR) is 452 cm³/mol. The molecule has 5 aliphatic rings. The van der Waals surface area contributed by atoms with Crippen molar-refractivity contribution < 1.29 is 76.4 Å². The minimum atomic E-state index is -3.79. The molecule has 5 N–H and O–H groups in total. The molecule has 8 aromatic rings. The molecule has 4 aliphatic heterocycles. The number of rotatable bonds is 33. The van der Waals surface area contributed by atoms with Gasteiger partial charge in [-0.2, -0.15) is 0 Å². The number of aliphatic carboxylic acids is 4. The maximum absolute atomic E-state index is 13.4. The summed E-state index contributed by atoms with van der Waals surface area (Å²) in [7, 11) is -3.79. The Kier molecular flexibility index (Phi) is 32.0. The van der Waals surface area contributed by atoms with Crippen LogP contribution in [0.2, 0.25) is 15.1 Å². The van der Waals surface area contributed by atoms with Crippen LogP contribution in [0.1, 0.15) is 149 Å². The normalized spacial score (nSPS) is 15.2. The minimum Gasteiger partial charge on any atom is -0.481 e. The number of aliphatic imine (C=N–C) groups is 4. The molecule has 1 saturated carbocycles. The second kappa shape index (κ2) is 42.1. The van der Waals surface area contributed by atoms with Crippen molar-refractivity contribution in [2.24, 2.45) is 55.5 Å². The third-order valence-electron chi connectivity index (χ3n) is 20.6. The quantitative estimate of drug-likeness (QED) is 0.0188. The molecule has 13 rings (SSSR count). The van der Waals surface area contributed by atoms with E-state index in [2.05, 4.69) is 31.4 Å². The van der Waals surface area contributed by atoms with Crippen LogP contribution in [0, 0.1) is 41.3 Å². The van der Waals surface area contributed by atoms with Crippen LogP contribution >= 0.6 is 46.6 Å². The number of benzene rings is 8. The van der Waals surface area contributed by atoms with E-state index < -0.39 is 75.0 Å². The lowest BCUT2D eigenvalue weighted by molar-refractivity contribution is -0.144. The van der Waals surface area contributed by atoms with Gasteiger partial charge in [0.15, 0.2) is 15.6 Å². The molecule has 26 heteroatoms. The Balaban J connectivity index is 0.000000164. The number of hydrogen-bond acceptors (Lipinski definition) is 16. The first kappa shape index (κ1) is 88.2. The molecule has 5 atom stereocenters. The van der Waals surface area contributed by atoms with Gasteiger partial charge in [-0.15, -0.1) is 11.8 Å². The van der Waals surface area contributed by atoms with Crippen molar-refractivity contribution >= 4 is 166 Å². The number of ketones is 4. The first-order valence-electron chi connectivity index (χ1n) is 38.6. The number of nitrogens with one attached hydrogen (secondary N) is 1. The van der Waals surface area contributed by atoms with Crippen LogP contribution in [0.15, 0.2) is 206 Å². The fourth-order valence-electron chi connectivity index (χ4n) is 14.8. The van der Waals surface area contributed by atoms with Crippen molar-refractivity contribution in [1.29, 1.82) is 0 Å². The predicted octanol–water partition coefficient (Wildman–Crippen LogP) is 19.2. The maximum Gasteiger partial charge on any atom is 0.307 e. The highest BCUT2D eigenvalue weighted by molar-refractivity contribution is 8.00. The highest BCUT2D eigenvalue weighted by Crippen LogP contribution is 2.37. The molecular weight excluding hydrogens is 1580 g/mol. The van der Waals surface area contributed by atoms with Crippen LogP contribution < -0.4 is 5.32 Å². The van der Waals surface area contributed by atoms with E-state index >= 15 is 0 Å². The molecule has 0 spiro atoms. The number of hydrogen-bond donors (Lipinski definition) is 5. The summed E-state index contributed by atoms with van der Waals surface area (Å²) < 4.78 is 38.1. The van der Waals surface area contributed by atoms with E-state index in [0.717, 1.165) is 73.7 Å². The number of carboxylic acids is 4. The molecule has 116 heavy (non-hydrogen) atoms. The highest BCUT2D eigenvalue weighted by atomic mass is 35.5. The molecule has 0 saturated heterocycles. The number of carbonyl (C=O) groups is 9. The zero-order valence-corrected chi connectivity index (χ0v) is 68.1. The zero-order chi connectivity index (χ0) is 83.2. The number of amides is 1. The van der Waals surface area contributed by atoms with Crippen molar-refractivity contribution in [3.05, 3.63) is 225 Å². The lowest BCUT2D eigenvalue weighted by Crippen LogP contribution is -2.43. The Labute approximate surface area is 692 Å². The summed E-state index contributed by atoms with van der Waals surface area (Å²) in [5.74, 6) is -9.12. The highest BCUT2D eigenvalue weighted by Gasteiger charge is 2.34. The number of fused-ring (bicyclic) bond motifs is 5. The summed E-state index contributed by atoms with van der Waals surface area (Å²) in [5.41, 5.74) is 10.0. The SMILES string of the molecule is CC(C)CC(NC(=O)c1ccccc1)C(=O)C[C@H](CC1=Nc2ccc(F)cc2C1)C(=O)O.O=C(CC1CCCCCC1)C[C@H](CC1=Nc2ccc(Cl)cc2C1)C(=O)O.O=C(CSc1ccc2ccccc2c1)C[C@H](CC1=Nc2ccc(Cl)cc2C1)C(=O)O.O=C(C[C@H](CC1=Nc2ccc(Cl)cc2C1)C(=O)O)CS(=O)(=O)c1ccccc1.